The summed E-state index contributed by atoms with van der Waals surface area (Å²) in [7, 11) is 1.56. The Morgan fingerprint density at radius 2 is 2.09 bits per heavy atom. The Morgan fingerprint density at radius 3 is 2.74 bits per heavy atom. The van der Waals surface area contributed by atoms with Crippen molar-refractivity contribution in [3.05, 3.63) is 44.8 Å². The fourth-order valence-electron chi connectivity index (χ4n) is 2.03. The largest absolute Gasteiger partial charge is 0.494 e. The Balaban J connectivity index is 1.90. The molecule has 2 aromatic heterocycles. The molecule has 118 valence electrons. The molecule has 1 N–H and O–H groups in total. The highest BCUT2D eigenvalue weighted by molar-refractivity contribution is 7.22. The van der Waals surface area contributed by atoms with Crippen LogP contribution in [-0.2, 0) is 0 Å². The summed E-state index contributed by atoms with van der Waals surface area (Å²) in [4.78, 5) is 27.0. The maximum absolute atomic E-state index is 12.2. The number of carbonyl (C=O) groups is 1. The zero-order chi connectivity index (χ0) is 16.6. The van der Waals surface area contributed by atoms with E-state index in [1.165, 1.54) is 23.5 Å². The zero-order valence-corrected chi connectivity index (χ0v) is 13.8. The van der Waals surface area contributed by atoms with Gasteiger partial charge in [-0.05, 0) is 24.6 Å². The lowest BCUT2D eigenvalue weighted by Crippen LogP contribution is -2.09. The van der Waals surface area contributed by atoms with Gasteiger partial charge in [0.2, 0.25) is 0 Å². The number of nitro groups is 1. The minimum Gasteiger partial charge on any atom is -0.494 e. The predicted octanol–water partition coefficient (Wildman–Crippen LogP) is 3.84. The van der Waals surface area contributed by atoms with Crippen LogP contribution in [0.3, 0.4) is 0 Å². The third-order valence-electron chi connectivity index (χ3n) is 3.14. The van der Waals surface area contributed by atoms with Crippen LogP contribution in [0.5, 0.6) is 5.75 Å². The van der Waals surface area contributed by atoms with Crippen LogP contribution in [0.2, 0.25) is 0 Å². The van der Waals surface area contributed by atoms with Gasteiger partial charge in [0.25, 0.3) is 5.91 Å². The van der Waals surface area contributed by atoms with Crippen molar-refractivity contribution >= 4 is 48.9 Å². The molecule has 0 unspecified atom stereocenters. The van der Waals surface area contributed by atoms with Crippen molar-refractivity contribution in [3.8, 4) is 5.75 Å². The van der Waals surface area contributed by atoms with E-state index in [1.807, 2.05) is 19.1 Å². The van der Waals surface area contributed by atoms with E-state index in [9.17, 15) is 14.9 Å². The monoisotopic (exact) mass is 349 g/mol. The summed E-state index contributed by atoms with van der Waals surface area (Å²) in [5, 5.41) is 13.7. The number of rotatable bonds is 4. The molecular formula is C14H11N3O4S2. The van der Waals surface area contributed by atoms with Gasteiger partial charge in [-0.3, -0.25) is 20.2 Å². The highest BCUT2D eigenvalue weighted by Gasteiger charge is 2.18. The van der Waals surface area contributed by atoms with Gasteiger partial charge in [-0.2, -0.15) is 0 Å². The van der Waals surface area contributed by atoms with Crippen LogP contribution in [0.4, 0.5) is 10.1 Å². The minimum absolute atomic E-state index is 0.0723. The van der Waals surface area contributed by atoms with Gasteiger partial charge in [0.1, 0.15) is 11.3 Å². The number of ether oxygens (including phenoxy) is 1. The van der Waals surface area contributed by atoms with Gasteiger partial charge in [-0.15, -0.1) is 0 Å². The Kier molecular flexibility index (Phi) is 3.97. The van der Waals surface area contributed by atoms with Crippen molar-refractivity contribution < 1.29 is 14.5 Å². The highest BCUT2D eigenvalue weighted by Crippen LogP contribution is 2.35. The summed E-state index contributed by atoms with van der Waals surface area (Å²) in [6, 6.07) is 6.49. The Morgan fingerprint density at radius 1 is 1.30 bits per heavy atom. The second-order valence-corrected chi connectivity index (χ2v) is 6.69. The fourth-order valence-corrected chi connectivity index (χ4v) is 3.70. The number of hydrogen-bond acceptors (Lipinski definition) is 7. The van der Waals surface area contributed by atoms with Crippen LogP contribution in [0.25, 0.3) is 10.2 Å². The quantitative estimate of drug-likeness (QED) is 0.570. The number of aromatic nitrogens is 1. The molecule has 3 rings (SSSR count). The predicted molar refractivity (Wildman–Crippen MR) is 89.8 cm³/mol. The van der Waals surface area contributed by atoms with Crippen LogP contribution in [-0.4, -0.2) is 22.9 Å². The zero-order valence-electron chi connectivity index (χ0n) is 12.2. The summed E-state index contributed by atoms with van der Waals surface area (Å²) in [6.45, 7) is 1.95. The van der Waals surface area contributed by atoms with E-state index in [0.29, 0.717) is 16.4 Å². The number of hydrogen-bond donors (Lipinski definition) is 1. The van der Waals surface area contributed by atoms with Crippen molar-refractivity contribution in [3.63, 3.8) is 0 Å². The molecule has 1 aromatic carbocycles. The highest BCUT2D eigenvalue weighted by atomic mass is 32.1. The lowest BCUT2D eigenvalue weighted by molar-refractivity contribution is -0.380. The first kappa shape index (κ1) is 15.4. The van der Waals surface area contributed by atoms with Crippen LogP contribution >= 0.6 is 22.7 Å². The third kappa shape index (κ3) is 2.88. The van der Waals surface area contributed by atoms with Gasteiger partial charge in [-0.25, -0.2) is 4.98 Å². The topological polar surface area (TPSA) is 94.4 Å². The number of aryl methyl sites for hydroxylation is 1. The van der Waals surface area contributed by atoms with Gasteiger partial charge in [-0.1, -0.05) is 28.7 Å². The van der Waals surface area contributed by atoms with Crippen LogP contribution in [0, 0.1) is 17.0 Å². The summed E-state index contributed by atoms with van der Waals surface area (Å²) < 4.78 is 6.20. The molecule has 23 heavy (non-hydrogen) atoms. The van der Waals surface area contributed by atoms with Gasteiger partial charge in [0.15, 0.2) is 5.13 Å². The second-order valence-electron chi connectivity index (χ2n) is 4.63. The molecule has 0 fully saturated rings. The molecule has 0 aliphatic heterocycles. The van der Waals surface area contributed by atoms with Crippen molar-refractivity contribution in [2.45, 2.75) is 6.92 Å². The number of carbonyl (C=O) groups excluding carboxylic acids is 1. The summed E-state index contributed by atoms with van der Waals surface area (Å²) in [5.41, 5.74) is 1.72. The Bertz CT molecular complexity index is 916. The Labute approximate surface area is 138 Å². The number of nitrogens with zero attached hydrogens (tertiary/aromatic N) is 2. The van der Waals surface area contributed by atoms with E-state index in [-0.39, 0.29) is 9.88 Å². The smallest absolute Gasteiger partial charge is 0.324 e. The fraction of sp³-hybridized carbons (Fsp3) is 0.143. The van der Waals surface area contributed by atoms with Crippen LogP contribution in [0.1, 0.15) is 15.2 Å². The van der Waals surface area contributed by atoms with Crippen LogP contribution in [0.15, 0.2) is 24.3 Å². The van der Waals surface area contributed by atoms with Crippen LogP contribution < -0.4 is 10.1 Å². The summed E-state index contributed by atoms with van der Waals surface area (Å²) >= 11 is 2.16. The number of thiophene rings is 1. The van der Waals surface area contributed by atoms with Gasteiger partial charge in [0.05, 0.1) is 21.6 Å². The van der Waals surface area contributed by atoms with E-state index in [2.05, 4.69) is 10.3 Å². The number of nitrogens with one attached hydrogen (secondary N) is 1. The number of thiazole rings is 1. The second kappa shape index (κ2) is 5.94. The molecule has 2 heterocycles. The molecule has 0 spiro atoms. The number of amides is 1. The summed E-state index contributed by atoms with van der Waals surface area (Å²) in [6.07, 6.45) is 0. The first-order valence-electron chi connectivity index (χ1n) is 6.49. The van der Waals surface area contributed by atoms with Crippen molar-refractivity contribution in [1.82, 2.24) is 4.98 Å². The average molecular weight is 349 g/mol. The standard InChI is InChI=1S/C14H11N3O4S2/c1-7-3-4-8(21-2)11-12(7)23-14(15-11)16-13(18)9-5-6-10(22-9)17(19)20/h3-6H,1-2H3,(H,15,16,18). The lowest BCUT2D eigenvalue weighted by Gasteiger charge is -2.01. The van der Waals surface area contributed by atoms with Crippen molar-refractivity contribution in [2.75, 3.05) is 12.4 Å². The SMILES string of the molecule is COc1ccc(C)c2sc(NC(=O)c3ccc([N+](=O)[O-])s3)nc12. The van der Waals surface area contributed by atoms with Gasteiger partial charge in [0, 0.05) is 6.07 Å². The molecule has 0 saturated heterocycles. The molecule has 7 nitrogen and oxygen atoms in total. The van der Waals surface area contributed by atoms with E-state index >= 15 is 0 Å². The van der Waals surface area contributed by atoms with Crippen molar-refractivity contribution in [2.24, 2.45) is 0 Å². The molecule has 0 saturated carbocycles. The molecule has 0 aliphatic rings. The number of methoxy groups -OCH3 is 1. The minimum atomic E-state index is -0.520. The van der Waals surface area contributed by atoms with Gasteiger partial charge >= 0.3 is 5.00 Å². The van der Waals surface area contributed by atoms with Crippen molar-refractivity contribution in [1.29, 1.82) is 0 Å². The molecule has 9 heteroatoms. The molecule has 0 aliphatic carbocycles. The lowest BCUT2D eigenvalue weighted by atomic mass is 10.2. The van der Waals surface area contributed by atoms with E-state index in [1.54, 1.807) is 7.11 Å². The maximum atomic E-state index is 12.2. The molecule has 0 bridgehead atoms. The first-order chi connectivity index (χ1) is 11.0. The number of benzene rings is 1. The third-order valence-corrected chi connectivity index (χ3v) is 5.28. The van der Waals surface area contributed by atoms with E-state index in [0.717, 1.165) is 21.6 Å². The first-order valence-corrected chi connectivity index (χ1v) is 8.12. The van der Waals surface area contributed by atoms with Gasteiger partial charge < -0.3 is 4.74 Å². The molecule has 0 radical (unpaired) electrons. The number of fused-ring (bicyclic) bond motifs is 1. The molecule has 3 aromatic rings. The van der Waals surface area contributed by atoms with E-state index in [4.69, 9.17) is 4.74 Å². The normalized spacial score (nSPS) is 10.7. The maximum Gasteiger partial charge on any atom is 0.324 e. The molecule has 1 amide bonds. The average Bonchev–Trinajstić information content (AvgIpc) is 3.14. The number of anilines is 1. The molecule has 0 atom stereocenters. The molecular weight excluding hydrogens is 338 g/mol. The Hall–Kier alpha value is -2.52. The summed E-state index contributed by atoms with van der Waals surface area (Å²) in [5.74, 6) is 0.216. The van der Waals surface area contributed by atoms with E-state index < -0.39 is 10.8 Å².